The van der Waals surface area contributed by atoms with Crippen molar-refractivity contribution >= 4 is 5.91 Å². The molecular weight excluding hydrogens is 266 g/mol. The van der Waals surface area contributed by atoms with Gasteiger partial charge in [0.1, 0.15) is 5.82 Å². The van der Waals surface area contributed by atoms with Gasteiger partial charge in [-0.15, -0.1) is 0 Å². The van der Waals surface area contributed by atoms with Gasteiger partial charge in [-0.2, -0.15) is 0 Å². The predicted molar refractivity (Wildman–Crippen MR) is 72.3 cm³/mol. The van der Waals surface area contributed by atoms with E-state index in [2.05, 4.69) is 5.32 Å². The van der Waals surface area contributed by atoms with Crippen LogP contribution in [0.25, 0.3) is 0 Å². The number of halogens is 2. The predicted octanol–water partition coefficient (Wildman–Crippen LogP) is 1.83. The maximum atomic E-state index is 13.3. The Balaban J connectivity index is 2.59. The lowest BCUT2D eigenvalue weighted by Gasteiger charge is -2.33. The topological polar surface area (TPSA) is 64.3 Å². The van der Waals surface area contributed by atoms with Gasteiger partial charge in [-0.1, -0.05) is 13.8 Å². The van der Waals surface area contributed by atoms with Crippen molar-refractivity contribution < 1.29 is 18.3 Å². The summed E-state index contributed by atoms with van der Waals surface area (Å²) in [7, 11) is 0. The zero-order chi connectivity index (χ0) is 15.3. The maximum absolute atomic E-state index is 13.3. The summed E-state index contributed by atoms with van der Waals surface area (Å²) >= 11 is 0. The molecule has 1 aromatic carbocycles. The molecule has 1 rings (SSSR count). The Morgan fingerprint density at radius 1 is 1.45 bits per heavy atom. The molecule has 0 aliphatic carbocycles. The van der Waals surface area contributed by atoms with Crippen molar-refractivity contribution in [3.8, 4) is 5.75 Å². The highest BCUT2D eigenvalue weighted by molar-refractivity contribution is 5.78. The van der Waals surface area contributed by atoms with Crippen molar-refractivity contribution in [3.63, 3.8) is 0 Å². The van der Waals surface area contributed by atoms with Crippen LogP contribution in [0.3, 0.4) is 0 Å². The fraction of sp³-hybridized carbons (Fsp3) is 0.500. The molecule has 4 nitrogen and oxygen atoms in total. The van der Waals surface area contributed by atoms with Crippen LogP contribution in [0.1, 0.15) is 20.8 Å². The number of ether oxygens (including phenoxy) is 1. The summed E-state index contributed by atoms with van der Waals surface area (Å²) in [6.45, 7) is 5.63. The second-order valence-corrected chi connectivity index (χ2v) is 5.19. The molecule has 1 amide bonds. The minimum absolute atomic E-state index is 0.138. The summed E-state index contributed by atoms with van der Waals surface area (Å²) in [6, 6.07) is 2.91. The van der Waals surface area contributed by atoms with Gasteiger partial charge in [-0.05, 0) is 25.0 Å². The Labute approximate surface area is 117 Å². The van der Waals surface area contributed by atoms with Crippen LogP contribution < -0.4 is 15.8 Å². The third-order valence-corrected chi connectivity index (χ3v) is 3.38. The van der Waals surface area contributed by atoms with Crippen LogP contribution in [0.4, 0.5) is 8.78 Å². The minimum Gasteiger partial charge on any atom is -0.481 e. The Bertz CT molecular complexity index is 480. The van der Waals surface area contributed by atoms with Gasteiger partial charge in [0.2, 0.25) is 0 Å². The van der Waals surface area contributed by atoms with Gasteiger partial charge in [0, 0.05) is 12.6 Å². The molecule has 20 heavy (non-hydrogen) atoms. The molecule has 6 heteroatoms. The molecule has 0 radical (unpaired) electrons. The van der Waals surface area contributed by atoms with E-state index in [1.807, 2.05) is 20.8 Å². The van der Waals surface area contributed by atoms with Gasteiger partial charge >= 0.3 is 0 Å². The third kappa shape index (κ3) is 4.16. The highest BCUT2D eigenvalue weighted by Gasteiger charge is 2.28. The van der Waals surface area contributed by atoms with E-state index in [1.54, 1.807) is 0 Å². The summed E-state index contributed by atoms with van der Waals surface area (Å²) in [5.74, 6) is -1.98. The van der Waals surface area contributed by atoms with Crippen molar-refractivity contribution in [1.29, 1.82) is 0 Å². The first kappa shape index (κ1) is 16.4. The van der Waals surface area contributed by atoms with Crippen LogP contribution in [0, 0.1) is 17.6 Å². The second-order valence-electron chi connectivity index (χ2n) is 5.19. The number of nitrogens with two attached hydrogens (primary N) is 1. The Morgan fingerprint density at radius 3 is 2.60 bits per heavy atom. The first-order chi connectivity index (χ1) is 9.28. The van der Waals surface area contributed by atoms with E-state index in [4.69, 9.17) is 10.5 Å². The second kappa shape index (κ2) is 6.65. The van der Waals surface area contributed by atoms with Crippen molar-refractivity contribution in [2.75, 3.05) is 13.2 Å². The number of nitrogens with one attached hydrogen (secondary N) is 1. The fourth-order valence-electron chi connectivity index (χ4n) is 1.52. The van der Waals surface area contributed by atoms with Crippen LogP contribution in [-0.4, -0.2) is 24.6 Å². The van der Waals surface area contributed by atoms with Crippen LogP contribution in [0.5, 0.6) is 5.75 Å². The molecule has 0 saturated heterocycles. The maximum Gasteiger partial charge on any atom is 0.258 e. The van der Waals surface area contributed by atoms with Gasteiger partial charge in [0.05, 0.1) is 5.54 Å². The number of carbonyl (C=O) groups excluding carboxylic acids is 1. The Hall–Kier alpha value is -1.69. The normalized spacial score (nSPS) is 13.9. The Kier molecular flexibility index (Phi) is 5.44. The molecule has 0 saturated carbocycles. The van der Waals surface area contributed by atoms with Gasteiger partial charge in [-0.25, -0.2) is 8.78 Å². The molecule has 0 spiro atoms. The largest absolute Gasteiger partial charge is 0.481 e. The smallest absolute Gasteiger partial charge is 0.258 e. The highest BCUT2D eigenvalue weighted by atomic mass is 19.1. The van der Waals surface area contributed by atoms with E-state index < -0.39 is 23.1 Å². The SMILES string of the molecule is CC(C)C(C)(CN)NC(=O)COc1ccc(F)cc1F. The van der Waals surface area contributed by atoms with Crippen molar-refractivity contribution in [2.45, 2.75) is 26.3 Å². The van der Waals surface area contributed by atoms with E-state index in [9.17, 15) is 13.6 Å². The first-order valence-electron chi connectivity index (χ1n) is 6.37. The average Bonchev–Trinajstić information content (AvgIpc) is 2.37. The molecule has 1 atom stereocenters. The summed E-state index contributed by atoms with van der Waals surface area (Å²) in [5, 5.41) is 2.76. The van der Waals surface area contributed by atoms with Gasteiger partial charge in [-0.3, -0.25) is 4.79 Å². The monoisotopic (exact) mass is 286 g/mol. The standard InChI is InChI=1S/C14H20F2N2O2/c1-9(2)14(3,8-17)18-13(19)7-20-12-5-4-10(15)6-11(12)16/h4-6,9H,7-8,17H2,1-3H3,(H,18,19). The number of rotatable bonds is 6. The van der Waals surface area contributed by atoms with E-state index in [0.717, 1.165) is 12.1 Å². The minimum atomic E-state index is -0.844. The van der Waals surface area contributed by atoms with Gasteiger partial charge in [0.25, 0.3) is 5.91 Å². The number of hydrogen-bond acceptors (Lipinski definition) is 3. The summed E-state index contributed by atoms with van der Waals surface area (Å²) < 4.78 is 31.1. The van der Waals surface area contributed by atoms with E-state index in [0.29, 0.717) is 6.07 Å². The fourth-order valence-corrected chi connectivity index (χ4v) is 1.52. The summed E-state index contributed by atoms with van der Waals surface area (Å²) in [4.78, 5) is 11.8. The molecule has 1 aromatic rings. The quantitative estimate of drug-likeness (QED) is 0.838. The average molecular weight is 286 g/mol. The lowest BCUT2D eigenvalue weighted by molar-refractivity contribution is -0.125. The van der Waals surface area contributed by atoms with Crippen molar-refractivity contribution in [3.05, 3.63) is 29.8 Å². The van der Waals surface area contributed by atoms with E-state index >= 15 is 0 Å². The zero-order valence-electron chi connectivity index (χ0n) is 11.9. The number of hydrogen-bond donors (Lipinski definition) is 2. The van der Waals surface area contributed by atoms with Gasteiger partial charge in [0.15, 0.2) is 18.2 Å². The molecule has 0 fully saturated rings. The molecular formula is C14H20F2N2O2. The lowest BCUT2D eigenvalue weighted by atomic mass is 9.88. The molecule has 0 aliphatic rings. The van der Waals surface area contributed by atoms with Crippen LogP contribution in [-0.2, 0) is 4.79 Å². The van der Waals surface area contributed by atoms with Gasteiger partial charge < -0.3 is 15.8 Å². The lowest BCUT2D eigenvalue weighted by Crippen LogP contribution is -2.56. The molecule has 3 N–H and O–H groups in total. The third-order valence-electron chi connectivity index (χ3n) is 3.38. The van der Waals surface area contributed by atoms with E-state index in [1.165, 1.54) is 0 Å². The number of amides is 1. The molecule has 0 aliphatic heterocycles. The number of carbonyl (C=O) groups is 1. The number of benzene rings is 1. The van der Waals surface area contributed by atoms with Crippen molar-refractivity contribution in [2.24, 2.45) is 11.7 Å². The van der Waals surface area contributed by atoms with Crippen molar-refractivity contribution in [1.82, 2.24) is 5.32 Å². The summed E-state index contributed by atoms with van der Waals surface area (Å²) in [6.07, 6.45) is 0. The molecule has 112 valence electrons. The van der Waals surface area contributed by atoms with Crippen LogP contribution >= 0.6 is 0 Å². The highest BCUT2D eigenvalue weighted by Crippen LogP contribution is 2.18. The summed E-state index contributed by atoms with van der Waals surface area (Å²) in [5.41, 5.74) is 5.09. The molecule has 0 aromatic heterocycles. The van der Waals surface area contributed by atoms with E-state index in [-0.39, 0.29) is 24.8 Å². The first-order valence-corrected chi connectivity index (χ1v) is 6.37. The Morgan fingerprint density at radius 2 is 2.10 bits per heavy atom. The van der Waals surface area contributed by atoms with Crippen LogP contribution in [0.2, 0.25) is 0 Å². The zero-order valence-corrected chi connectivity index (χ0v) is 11.9. The molecule has 0 bridgehead atoms. The van der Waals surface area contributed by atoms with Crippen LogP contribution in [0.15, 0.2) is 18.2 Å². The molecule has 0 heterocycles. The molecule has 1 unspecified atom stereocenters.